The molecule has 0 heterocycles. The number of alkyl halides is 3. The predicted octanol–water partition coefficient (Wildman–Crippen LogP) is 4.51. The first-order chi connectivity index (χ1) is 13.9. The number of allylic oxidation sites excluding steroid dienone is 1. The Labute approximate surface area is 175 Å². The van der Waals surface area contributed by atoms with Crippen molar-refractivity contribution in [2.45, 2.75) is 20.0 Å². The number of hydrazone groups is 1. The first-order valence-electron chi connectivity index (χ1n) is 9.10. The number of rotatable bonds is 9. The molecule has 0 fully saturated rings. The average Bonchev–Trinajstić information content (AvgIpc) is 2.65. The molecule has 0 unspecified atom stereocenters. The van der Waals surface area contributed by atoms with E-state index < -0.39 is 17.6 Å². The molecule has 0 aliphatic rings. The maximum Gasteiger partial charge on any atom is 0.416 e. The van der Waals surface area contributed by atoms with Crippen LogP contribution in [0.5, 0.6) is 0 Å². The van der Waals surface area contributed by atoms with E-state index in [1.807, 2.05) is 0 Å². The number of primary amides is 1. The number of nitrogens with two attached hydrogens (primary N) is 1. The average molecular weight is 420 g/mol. The molecule has 162 valence electrons. The fourth-order valence-electron chi connectivity index (χ4n) is 2.53. The molecule has 0 atom stereocenters. The zero-order valence-corrected chi connectivity index (χ0v) is 17.6. The van der Waals surface area contributed by atoms with Crippen LogP contribution in [0.1, 0.15) is 25.0 Å². The molecule has 0 saturated heterocycles. The number of hydrogen-bond acceptors (Lipinski definition) is 4. The zero-order chi connectivity index (χ0) is 23.1. The summed E-state index contributed by atoms with van der Waals surface area (Å²) in [6.45, 7) is 11.0. The highest BCUT2D eigenvalue weighted by Crippen LogP contribution is 2.30. The van der Waals surface area contributed by atoms with Crippen molar-refractivity contribution in [3.63, 3.8) is 0 Å². The summed E-state index contributed by atoms with van der Waals surface area (Å²) < 4.78 is 39.3. The molecule has 0 radical (unpaired) electrons. The number of hydrogen-bond donors (Lipinski definition) is 1. The van der Waals surface area contributed by atoms with E-state index in [-0.39, 0.29) is 11.5 Å². The molecule has 0 aliphatic carbocycles. The van der Waals surface area contributed by atoms with Gasteiger partial charge in [0.1, 0.15) is 0 Å². The second kappa shape index (κ2) is 10.5. The summed E-state index contributed by atoms with van der Waals surface area (Å²) in [4.78, 5) is 13.7. The number of halogens is 3. The summed E-state index contributed by atoms with van der Waals surface area (Å²) in [5, 5.41) is 5.66. The summed E-state index contributed by atoms with van der Waals surface area (Å²) in [5.74, 6) is -0.923. The Morgan fingerprint density at radius 3 is 2.27 bits per heavy atom. The Balaban J connectivity index is 3.55. The van der Waals surface area contributed by atoms with Crippen molar-refractivity contribution in [1.82, 2.24) is 9.91 Å². The van der Waals surface area contributed by atoms with Crippen LogP contribution in [0.4, 0.5) is 13.2 Å². The van der Waals surface area contributed by atoms with Gasteiger partial charge >= 0.3 is 6.18 Å². The van der Waals surface area contributed by atoms with Crippen LogP contribution in [-0.2, 0) is 11.0 Å². The molecule has 1 amide bonds. The van der Waals surface area contributed by atoms with Gasteiger partial charge in [-0.1, -0.05) is 45.2 Å². The summed E-state index contributed by atoms with van der Waals surface area (Å²) >= 11 is 0. The fraction of sp³-hybridized carbons (Fsp3) is 0.273. The maximum atomic E-state index is 13.1. The number of carbonyl (C=O) groups is 1. The monoisotopic (exact) mass is 420 g/mol. The smallest absolute Gasteiger partial charge is 0.383 e. The minimum atomic E-state index is -4.47. The van der Waals surface area contributed by atoms with Crippen molar-refractivity contribution in [1.29, 1.82) is 0 Å². The molecule has 1 aromatic carbocycles. The Morgan fingerprint density at radius 1 is 1.20 bits per heavy atom. The minimum Gasteiger partial charge on any atom is -0.383 e. The lowest BCUT2D eigenvalue weighted by Gasteiger charge is -2.18. The largest absolute Gasteiger partial charge is 0.416 e. The highest BCUT2D eigenvalue weighted by molar-refractivity contribution is 6.02. The molecule has 0 aliphatic heterocycles. The van der Waals surface area contributed by atoms with E-state index in [2.05, 4.69) is 18.3 Å². The first-order valence-corrected chi connectivity index (χ1v) is 9.10. The van der Waals surface area contributed by atoms with Crippen LogP contribution in [0.2, 0.25) is 0 Å². The van der Waals surface area contributed by atoms with Gasteiger partial charge in [0.15, 0.2) is 0 Å². The zero-order valence-electron chi connectivity index (χ0n) is 17.6. The molecule has 0 aromatic heterocycles. The van der Waals surface area contributed by atoms with E-state index in [0.29, 0.717) is 16.8 Å². The van der Waals surface area contributed by atoms with Gasteiger partial charge in [0.2, 0.25) is 0 Å². The number of amides is 1. The molecular weight excluding hydrogens is 393 g/mol. The lowest BCUT2D eigenvalue weighted by Crippen LogP contribution is -2.20. The Hall–Kier alpha value is -3.29. The van der Waals surface area contributed by atoms with Crippen LogP contribution >= 0.6 is 0 Å². The van der Waals surface area contributed by atoms with Gasteiger partial charge in [-0.25, -0.2) is 5.01 Å². The van der Waals surface area contributed by atoms with Gasteiger partial charge in [-0.2, -0.15) is 18.3 Å². The molecule has 2 N–H and O–H groups in total. The molecule has 30 heavy (non-hydrogen) atoms. The van der Waals surface area contributed by atoms with Gasteiger partial charge in [-0.15, -0.1) is 0 Å². The van der Waals surface area contributed by atoms with E-state index in [1.165, 1.54) is 29.6 Å². The highest BCUT2D eigenvalue weighted by Gasteiger charge is 2.31. The third-order valence-corrected chi connectivity index (χ3v) is 3.90. The molecule has 0 spiro atoms. The standard InChI is InChI=1S/C22H27F3N4O/c1-7-16(13-28(5)6)19(21(26)30)14-29(8-2)27-20(15(3)4)17-10-9-11-18(12-17)22(23,24)25/h7-15H,1-2H2,3-6H3,(H2,26,30)/b16-13+,19-14+,27-20+. The van der Waals surface area contributed by atoms with Crippen molar-refractivity contribution in [2.24, 2.45) is 16.8 Å². The van der Waals surface area contributed by atoms with E-state index in [9.17, 15) is 18.0 Å². The van der Waals surface area contributed by atoms with Gasteiger partial charge < -0.3 is 10.6 Å². The van der Waals surface area contributed by atoms with Gasteiger partial charge in [-0.05, 0) is 23.6 Å². The molecule has 0 bridgehead atoms. The van der Waals surface area contributed by atoms with Crippen molar-refractivity contribution in [3.05, 3.63) is 84.4 Å². The molecule has 1 aromatic rings. The SMILES string of the molecule is C=CC(=C\N(C)C)/C(=C\N(C=C)/N=C(/c1cccc(C(F)(F)F)c1)C(C)C)C(N)=O. The van der Waals surface area contributed by atoms with Crippen LogP contribution in [-0.4, -0.2) is 35.6 Å². The molecule has 5 nitrogen and oxygen atoms in total. The van der Waals surface area contributed by atoms with Crippen molar-refractivity contribution >= 4 is 11.6 Å². The second-order valence-electron chi connectivity index (χ2n) is 6.94. The van der Waals surface area contributed by atoms with Gasteiger partial charge in [-0.3, -0.25) is 4.79 Å². The predicted molar refractivity (Wildman–Crippen MR) is 114 cm³/mol. The van der Waals surface area contributed by atoms with Crippen molar-refractivity contribution in [2.75, 3.05) is 14.1 Å². The van der Waals surface area contributed by atoms with Crippen LogP contribution < -0.4 is 5.73 Å². The Morgan fingerprint density at radius 2 is 1.83 bits per heavy atom. The summed E-state index contributed by atoms with van der Waals surface area (Å²) in [6.07, 6.45) is 1.35. The second-order valence-corrected chi connectivity index (χ2v) is 6.94. The minimum absolute atomic E-state index is 0.120. The lowest BCUT2D eigenvalue weighted by atomic mass is 9.98. The van der Waals surface area contributed by atoms with Gasteiger partial charge in [0.25, 0.3) is 5.91 Å². The molecule has 8 heteroatoms. The highest BCUT2D eigenvalue weighted by atomic mass is 19.4. The van der Waals surface area contributed by atoms with E-state index >= 15 is 0 Å². The summed E-state index contributed by atoms with van der Waals surface area (Å²) in [5.41, 5.74) is 6.02. The number of nitrogens with zero attached hydrogens (tertiary/aromatic N) is 3. The quantitative estimate of drug-likeness (QED) is 0.277. The molecule has 0 saturated carbocycles. The third kappa shape index (κ3) is 6.95. The number of benzene rings is 1. The normalized spacial score (nSPS) is 13.3. The summed E-state index contributed by atoms with van der Waals surface area (Å²) in [7, 11) is 3.55. The van der Waals surface area contributed by atoms with Crippen LogP contribution in [0.3, 0.4) is 0 Å². The fourth-order valence-corrected chi connectivity index (χ4v) is 2.53. The van der Waals surface area contributed by atoms with Crippen molar-refractivity contribution < 1.29 is 18.0 Å². The Kier molecular flexibility index (Phi) is 8.64. The summed E-state index contributed by atoms with van der Waals surface area (Å²) in [6, 6.07) is 4.92. The van der Waals surface area contributed by atoms with Crippen molar-refractivity contribution in [3.8, 4) is 0 Å². The molecule has 1 rings (SSSR count). The third-order valence-electron chi connectivity index (χ3n) is 3.90. The van der Waals surface area contributed by atoms with Crippen LogP contribution in [0.15, 0.2) is 78.3 Å². The molecular formula is C22H27F3N4O. The number of carbonyl (C=O) groups excluding carboxylic acids is 1. The first kappa shape index (κ1) is 24.7. The van der Waals surface area contributed by atoms with E-state index in [1.54, 1.807) is 45.1 Å². The van der Waals surface area contributed by atoms with Crippen LogP contribution in [0.25, 0.3) is 0 Å². The van der Waals surface area contributed by atoms with E-state index in [0.717, 1.165) is 12.1 Å². The maximum absolute atomic E-state index is 13.1. The van der Waals surface area contributed by atoms with Gasteiger partial charge in [0.05, 0.1) is 16.8 Å². The van der Waals surface area contributed by atoms with Crippen LogP contribution in [0, 0.1) is 5.92 Å². The van der Waals surface area contributed by atoms with E-state index in [4.69, 9.17) is 5.73 Å². The Bertz CT molecular complexity index is 881. The lowest BCUT2D eigenvalue weighted by molar-refractivity contribution is -0.137. The topological polar surface area (TPSA) is 61.9 Å². The van der Waals surface area contributed by atoms with Gasteiger partial charge in [0, 0.05) is 38.3 Å².